The Balaban J connectivity index is 0.00000242. The number of nitrogens with one attached hydrogen (secondary N) is 2. The molecule has 1 atom stereocenters. The lowest BCUT2D eigenvalue weighted by Crippen LogP contribution is -2.38. The molecular formula is C17H27ClN2O2. The van der Waals surface area contributed by atoms with Gasteiger partial charge >= 0.3 is 0 Å². The van der Waals surface area contributed by atoms with E-state index in [0.29, 0.717) is 18.9 Å². The van der Waals surface area contributed by atoms with Gasteiger partial charge < -0.3 is 15.4 Å². The lowest BCUT2D eigenvalue weighted by atomic mass is 10.00. The van der Waals surface area contributed by atoms with E-state index in [1.807, 2.05) is 31.2 Å². The van der Waals surface area contributed by atoms with Gasteiger partial charge in [0.05, 0.1) is 6.61 Å². The van der Waals surface area contributed by atoms with Crippen LogP contribution in [0.5, 0.6) is 5.75 Å². The molecule has 0 spiro atoms. The van der Waals surface area contributed by atoms with Gasteiger partial charge in [-0.1, -0.05) is 12.1 Å². The topological polar surface area (TPSA) is 50.4 Å². The van der Waals surface area contributed by atoms with Crippen molar-refractivity contribution in [3.8, 4) is 5.75 Å². The summed E-state index contributed by atoms with van der Waals surface area (Å²) in [6, 6.07) is 7.99. The summed E-state index contributed by atoms with van der Waals surface area (Å²) in [5.41, 5.74) is 1.17. The normalized spacial score (nSPS) is 17.4. The number of carbonyl (C=O) groups is 1. The Hall–Kier alpha value is -1.26. The average Bonchev–Trinajstić information content (AvgIpc) is 2.53. The molecule has 0 aliphatic carbocycles. The van der Waals surface area contributed by atoms with Gasteiger partial charge in [0.1, 0.15) is 5.75 Å². The molecule has 0 saturated carbocycles. The number of rotatable bonds is 7. The number of hydrogen-bond donors (Lipinski definition) is 2. The Morgan fingerprint density at radius 3 is 2.77 bits per heavy atom. The molecule has 0 bridgehead atoms. The van der Waals surface area contributed by atoms with Gasteiger partial charge in [0.2, 0.25) is 5.91 Å². The fourth-order valence-corrected chi connectivity index (χ4v) is 2.62. The third-order valence-corrected chi connectivity index (χ3v) is 3.86. The largest absolute Gasteiger partial charge is 0.494 e. The Labute approximate surface area is 139 Å². The van der Waals surface area contributed by atoms with Gasteiger partial charge in [-0.05, 0) is 62.9 Å². The number of carbonyl (C=O) groups excluding carboxylic acids is 1. The van der Waals surface area contributed by atoms with E-state index in [4.69, 9.17) is 4.74 Å². The summed E-state index contributed by atoms with van der Waals surface area (Å²) < 4.78 is 5.41. The highest BCUT2D eigenvalue weighted by Gasteiger charge is 2.13. The second-order valence-corrected chi connectivity index (χ2v) is 5.59. The maximum Gasteiger partial charge on any atom is 0.220 e. The van der Waals surface area contributed by atoms with Crippen LogP contribution >= 0.6 is 12.4 Å². The summed E-state index contributed by atoms with van der Waals surface area (Å²) in [5, 5.41) is 6.42. The van der Waals surface area contributed by atoms with E-state index in [-0.39, 0.29) is 18.3 Å². The quantitative estimate of drug-likeness (QED) is 0.809. The Morgan fingerprint density at radius 2 is 2.14 bits per heavy atom. The maximum atomic E-state index is 11.9. The van der Waals surface area contributed by atoms with Gasteiger partial charge in [-0.25, -0.2) is 0 Å². The van der Waals surface area contributed by atoms with Crippen molar-refractivity contribution < 1.29 is 9.53 Å². The third-order valence-electron chi connectivity index (χ3n) is 3.86. The highest BCUT2D eigenvalue weighted by molar-refractivity contribution is 5.85. The maximum absolute atomic E-state index is 11.9. The molecule has 124 valence electrons. The van der Waals surface area contributed by atoms with Gasteiger partial charge in [-0.2, -0.15) is 0 Å². The smallest absolute Gasteiger partial charge is 0.220 e. The second kappa shape index (κ2) is 10.5. The van der Waals surface area contributed by atoms with Crippen molar-refractivity contribution >= 4 is 18.3 Å². The van der Waals surface area contributed by atoms with Crippen LogP contribution in [-0.4, -0.2) is 32.1 Å². The first kappa shape index (κ1) is 18.8. The molecule has 1 aromatic rings. The van der Waals surface area contributed by atoms with E-state index in [0.717, 1.165) is 31.8 Å². The summed E-state index contributed by atoms with van der Waals surface area (Å²) in [6.07, 6.45) is 3.76. The second-order valence-electron chi connectivity index (χ2n) is 5.59. The minimum Gasteiger partial charge on any atom is -0.494 e. The molecule has 5 heteroatoms. The zero-order valence-electron chi connectivity index (χ0n) is 13.3. The zero-order valence-corrected chi connectivity index (χ0v) is 14.1. The predicted octanol–water partition coefficient (Wildman–Crippen LogP) is 2.56. The third kappa shape index (κ3) is 6.67. The molecule has 2 rings (SSSR count). The molecule has 1 unspecified atom stereocenters. The first-order valence-electron chi connectivity index (χ1n) is 7.97. The summed E-state index contributed by atoms with van der Waals surface area (Å²) in [6.45, 7) is 5.59. The van der Waals surface area contributed by atoms with Crippen LogP contribution in [-0.2, 0) is 11.2 Å². The number of hydrogen-bond acceptors (Lipinski definition) is 3. The molecule has 1 heterocycles. The minimum atomic E-state index is 0. The van der Waals surface area contributed by atoms with Crippen LogP contribution in [0.15, 0.2) is 24.3 Å². The molecule has 1 fully saturated rings. The molecule has 0 aromatic heterocycles. The van der Waals surface area contributed by atoms with Gasteiger partial charge in [0.25, 0.3) is 0 Å². The van der Waals surface area contributed by atoms with E-state index in [1.54, 1.807) is 0 Å². The minimum absolute atomic E-state index is 0. The van der Waals surface area contributed by atoms with Crippen molar-refractivity contribution in [1.82, 2.24) is 10.6 Å². The first-order valence-corrected chi connectivity index (χ1v) is 7.97. The predicted molar refractivity (Wildman–Crippen MR) is 91.8 cm³/mol. The number of benzene rings is 1. The van der Waals surface area contributed by atoms with E-state index >= 15 is 0 Å². The number of amides is 1. The van der Waals surface area contributed by atoms with Gasteiger partial charge in [0, 0.05) is 13.0 Å². The van der Waals surface area contributed by atoms with E-state index < -0.39 is 0 Å². The van der Waals surface area contributed by atoms with Crippen LogP contribution in [0.1, 0.15) is 31.7 Å². The van der Waals surface area contributed by atoms with Crippen LogP contribution < -0.4 is 15.4 Å². The fraction of sp³-hybridized carbons (Fsp3) is 0.588. The molecule has 1 aliphatic heterocycles. The SMILES string of the molecule is CCOc1ccc(CCC(=O)NCC2CCCNC2)cc1.Cl. The first-order chi connectivity index (χ1) is 10.3. The van der Waals surface area contributed by atoms with Gasteiger partial charge in [-0.3, -0.25) is 4.79 Å². The molecule has 2 N–H and O–H groups in total. The average molecular weight is 327 g/mol. The number of halogens is 1. The lowest BCUT2D eigenvalue weighted by Gasteiger charge is -2.22. The highest BCUT2D eigenvalue weighted by Crippen LogP contribution is 2.13. The molecule has 0 radical (unpaired) electrons. The van der Waals surface area contributed by atoms with E-state index in [9.17, 15) is 4.79 Å². The molecule has 22 heavy (non-hydrogen) atoms. The molecule has 4 nitrogen and oxygen atoms in total. The molecule has 1 amide bonds. The van der Waals surface area contributed by atoms with E-state index in [2.05, 4.69) is 10.6 Å². The van der Waals surface area contributed by atoms with Crippen molar-refractivity contribution in [1.29, 1.82) is 0 Å². The monoisotopic (exact) mass is 326 g/mol. The Kier molecular flexibility index (Phi) is 8.94. The van der Waals surface area contributed by atoms with Crippen molar-refractivity contribution in [3.05, 3.63) is 29.8 Å². The molecule has 1 aliphatic rings. The van der Waals surface area contributed by atoms with Crippen molar-refractivity contribution in [3.63, 3.8) is 0 Å². The van der Waals surface area contributed by atoms with Gasteiger partial charge in [0.15, 0.2) is 0 Å². The summed E-state index contributed by atoms with van der Waals surface area (Å²) in [5.74, 6) is 1.62. The molecule has 1 aromatic carbocycles. The Morgan fingerprint density at radius 1 is 1.36 bits per heavy atom. The molecule has 1 saturated heterocycles. The van der Waals surface area contributed by atoms with Crippen LogP contribution in [0, 0.1) is 5.92 Å². The number of ether oxygens (including phenoxy) is 1. The summed E-state index contributed by atoms with van der Waals surface area (Å²) in [7, 11) is 0. The summed E-state index contributed by atoms with van der Waals surface area (Å²) >= 11 is 0. The lowest BCUT2D eigenvalue weighted by molar-refractivity contribution is -0.121. The van der Waals surface area contributed by atoms with Crippen LogP contribution in [0.25, 0.3) is 0 Å². The Bertz CT molecular complexity index is 431. The highest BCUT2D eigenvalue weighted by atomic mass is 35.5. The van der Waals surface area contributed by atoms with E-state index in [1.165, 1.54) is 18.4 Å². The van der Waals surface area contributed by atoms with Gasteiger partial charge in [-0.15, -0.1) is 12.4 Å². The van der Waals surface area contributed by atoms with Crippen molar-refractivity contribution in [2.24, 2.45) is 5.92 Å². The van der Waals surface area contributed by atoms with Crippen molar-refractivity contribution in [2.75, 3.05) is 26.2 Å². The fourth-order valence-electron chi connectivity index (χ4n) is 2.62. The van der Waals surface area contributed by atoms with Crippen LogP contribution in [0.2, 0.25) is 0 Å². The van der Waals surface area contributed by atoms with Crippen molar-refractivity contribution in [2.45, 2.75) is 32.6 Å². The summed E-state index contributed by atoms with van der Waals surface area (Å²) in [4.78, 5) is 11.9. The zero-order chi connectivity index (χ0) is 14.9. The molecular weight excluding hydrogens is 300 g/mol. The van der Waals surface area contributed by atoms with Crippen LogP contribution in [0.4, 0.5) is 0 Å². The number of piperidine rings is 1. The number of aryl methyl sites for hydroxylation is 1. The standard InChI is InChI=1S/C17H26N2O2.ClH/c1-2-21-16-8-5-14(6-9-16)7-10-17(20)19-13-15-4-3-11-18-12-15;/h5-6,8-9,15,18H,2-4,7,10-13H2,1H3,(H,19,20);1H. The van der Waals surface area contributed by atoms with Crippen LogP contribution in [0.3, 0.4) is 0 Å².